The summed E-state index contributed by atoms with van der Waals surface area (Å²) in [6, 6.07) is 9.07. The van der Waals surface area contributed by atoms with Crippen LogP contribution in [0.4, 0.5) is 5.82 Å². The van der Waals surface area contributed by atoms with Crippen LogP contribution in [-0.4, -0.2) is 44.2 Å². The number of hydrogen-bond acceptors (Lipinski definition) is 6. The molecule has 148 valence electrons. The van der Waals surface area contributed by atoms with Gasteiger partial charge in [0.25, 0.3) is 0 Å². The lowest BCUT2D eigenvalue weighted by molar-refractivity contribution is 0.280. The lowest BCUT2D eigenvalue weighted by Gasteiger charge is -2.15. The number of benzene rings is 1. The van der Waals surface area contributed by atoms with E-state index in [0.717, 1.165) is 31.5 Å². The Labute approximate surface area is 165 Å². The van der Waals surface area contributed by atoms with Gasteiger partial charge in [-0.1, -0.05) is 37.6 Å². The van der Waals surface area contributed by atoms with Crippen LogP contribution in [0.1, 0.15) is 49.4 Å². The van der Waals surface area contributed by atoms with E-state index in [1.165, 1.54) is 37.1 Å². The Hall–Kier alpha value is -2.67. The summed E-state index contributed by atoms with van der Waals surface area (Å²) < 4.78 is 7.41. The summed E-state index contributed by atoms with van der Waals surface area (Å²) in [5.74, 6) is 0.343. The van der Waals surface area contributed by atoms with Crippen molar-refractivity contribution in [3.05, 3.63) is 47.3 Å². The molecule has 0 spiro atoms. The van der Waals surface area contributed by atoms with E-state index >= 15 is 0 Å². The van der Waals surface area contributed by atoms with Gasteiger partial charge in [0.2, 0.25) is 0 Å². The molecule has 2 aromatic heterocycles. The smallest absolute Gasteiger partial charge is 0.336 e. The first-order valence-electron chi connectivity index (χ1n) is 10.2. The molecular weight excluding hydrogens is 352 g/mol. The average molecular weight is 380 g/mol. The fourth-order valence-corrected chi connectivity index (χ4v) is 3.66. The predicted molar refractivity (Wildman–Crippen MR) is 109 cm³/mol. The molecule has 0 bridgehead atoms. The second kappa shape index (κ2) is 8.56. The third kappa shape index (κ3) is 4.25. The summed E-state index contributed by atoms with van der Waals surface area (Å²) in [7, 11) is 0. The standard InChI is InChI=1S/C21H28N6O/c1-2-3-11-28-21-24-19(22)20-23-14-18(27(20)25-21)13-16-7-6-8-17(12-16)15-26-9-4-5-10-26/h6-8,12,14H,2-5,9-11,13,15H2,1H3,(H2,22,24,25). The van der Waals surface area contributed by atoms with E-state index in [-0.39, 0.29) is 0 Å². The van der Waals surface area contributed by atoms with E-state index in [9.17, 15) is 0 Å². The number of likely N-dealkylation sites (tertiary alicyclic amines) is 1. The number of imidazole rings is 1. The van der Waals surface area contributed by atoms with Crippen molar-refractivity contribution in [3.8, 4) is 6.01 Å². The molecule has 1 saturated heterocycles. The SMILES string of the molecule is CCCCOc1nc(N)c2ncc(Cc3cccc(CN4CCCC4)c3)n2n1. The van der Waals surface area contributed by atoms with Gasteiger partial charge in [-0.05, 0) is 43.5 Å². The van der Waals surface area contributed by atoms with Crippen molar-refractivity contribution in [2.75, 3.05) is 25.4 Å². The Kier molecular flexibility index (Phi) is 5.71. The molecule has 7 nitrogen and oxygen atoms in total. The highest BCUT2D eigenvalue weighted by atomic mass is 16.5. The topological polar surface area (TPSA) is 81.6 Å². The quantitative estimate of drug-likeness (QED) is 0.605. The first-order chi connectivity index (χ1) is 13.7. The Morgan fingerprint density at radius 3 is 2.82 bits per heavy atom. The predicted octanol–water partition coefficient (Wildman–Crippen LogP) is 3.07. The second-order valence-electron chi connectivity index (χ2n) is 7.45. The summed E-state index contributed by atoms with van der Waals surface area (Å²) in [6.45, 7) is 6.13. The number of hydrogen-bond donors (Lipinski definition) is 1. The minimum atomic E-state index is 0.306. The molecule has 0 radical (unpaired) electrons. The molecule has 4 rings (SSSR count). The number of ether oxygens (including phenoxy) is 1. The molecule has 0 unspecified atom stereocenters. The van der Waals surface area contributed by atoms with Crippen LogP contribution in [0.15, 0.2) is 30.5 Å². The number of nitrogen functional groups attached to an aromatic ring is 1. The van der Waals surface area contributed by atoms with Crippen molar-refractivity contribution >= 4 is 11.5 Å². The van der Waals surface area contributed by atoms with Crippen LogP contribution < -0.4 is 10.5 Å². The number of fused-ring (bicyclic) bond motifs is 1. The molecule has 0 saturated carbocycles. The van der Waals surface area contributed by atoms with Crippen LogP contribution in [0.2, 0.25) is 0 Å². The van der Waals surface area contributed by atoms with Gasteiger partial charge in [0.05, 0.1) is 18.5 Å². The van der Waals surface area contributed by atoms with Gasteiger partial charge in [-0.2, -0.15) is 4.98 Å². The Morgan fingerprint density at radius 1 is 1.18 bits per heavy atom. The highest BCUT2D eigenvalue weighted by Crippen LogP contribution is 2.19. The van der Waals surface area contributed by atoms with Gasteiger partial charge < -0.3 is 10.5 Å². The third-order valence-corrected chi connectivity index (χ3v) is 5.15. The van der Waals surface area contributed by atoms with Gasteiger partial charge in [0, 0.05) is 13.0 Å². The zero-order chi connectivity index (χ0) is 19.3. The monoisotopic (exact) mass is 380 g/mol. The normalized spacial score (nSPS) is 14.8. The molecule has 2 N–H and O–H groups in total. The van der Waals surface area contributed by atoms with Crippen LogP contribution in [0.5, 0.6) is 6.01 Å². The largest absolute Gasteiger partial charge is 0.462 e. The van der Waals surface area contributed by atoms with Crippen LogP contribution in [-0.2, 0) is 13.0 Å². The van der Waals surface area contributed by atoms with Crippen LogP contribution >= 0.6 is 0 Å². The summed E-state index contributed by atoms with van der Waals surface area (Å²) in [5.41, 5.74) is 10.2. The molecule has 3 heterocycles. The Morgan fingerprint density at radius 2 is 2.00 bits per heavy atom. The fraction of sp³-hybridized carbons (Fsp3) is 0.476. The van der Waals surface area contributed by atoms with Crippen molar-refractivity contribution in [1.29, 1.82) is 0 Å². The summed E-state index contributed by atoms with van der Waals surface area (Å²) in [6.07, 6.45) is 7.20. The van der Waals surface area contributed by atoms with Gasteiger partial charge in [-0.25, -0.2) is 9.50 Å². The van der Waals surface area contributed by atoms with E-state index in [1.807, 2.05) is 6.20 Å². The molecule has 1 fully saturated rings. The minimum Gasteiger partial charge on any atom is -0.462 e. The second-order valence-corrected chi connectivity index (χ2v) is 7.45. The van der Waals surface area contributed by atoms with E-state index in [0.29, 0.717) is 24.1 Å². The number of aromatic nitrogens is 4. The highest BCUT2D eigenvalue weighted by molar-refractivity contribution is 5.59. The number of nitrogens with two attached hydrogens (primary N) is 1. The Balaban J connectivity index is 1.54. The first-order valence-corrected chi connectivity index (χ1v) is 10.2. The van der Waals surface area contributed by atoms with E-state index in [1.54, 1.807) is 4.52 Å². The molecule has 0 atom stereocenters. The van der Waals surface area contributed by atoms with E-state index in [4.69, 9.17) is 10.5 Å². The summed E-state index contributed by atoms with van der Waals surface area (Å²) in [5, 5.41) is 4.50. The van der Waals surface area contributed by atoms with Crippen LogP contribution in [0.3, 0.4) is 0 Å². The van der Waals surface area contributed by atoms with Gasteiger partial charge in [-0.15, -0.1) is 5.10 Å². The highest BCUT2D eigenvalue weighted by Gasteiger charge is 2.14. The fourth-order valence-electron chi connectivity index (χ4n) is 3.66. The van der Waals surface area contributed by atoms with Crippen LogP contribution in [0, 0.1) is 0 Å². The van der Waals surface area contributed by atoms with Gasteiger partial charge in [-0.3, -0.25) is 4.90 Å². The molecule has 1 aliphatic heterocycles. The van der Waals surface area contributed by atoms with Crippen molar-refractivity contribution < 1.29 is 4.74 Å². The molecule has 1 aromatic carbocycles. The summed E-state index contributed by atoms with van der Waals surface area (Å²) in [4.78, 5) is 11.1. The van der Waals surface area contributed by atoms with Crippen molar-refractivity contribution in [2.45, 2.75) is 45.6 Å². The van der Waals surface area contributed by atoms with Crippen LogP contribution in [0.25, 0.3) is 5.65 Å². The maximum Gasteiger partial charge on any atom is 0.336 e. The van der Waals surface area contributed by atoms with Crippen molar-refractivity contribution in [1.82, 2.24) is 24.5 Å². The van der Waals surface area contributed by atoms with E-state index < -0.39 is 0 Å². The lowest BCUT2D eigenvalue weighted by atomic mass is 10.1. The van der Waals surface area contributed by atoms with Gasteiger partial charge in [0.1, 0.15) is 0 Å². The summed E-state index contributed by atoms with van der Waals surface area (Å²) >= 11 is 0. The zero-order valence-electron chi connectivity index (χ0n) is 16.5. The minimum absolute atomic E-state index is 0.306. The van der Waals surface area contributed by atoms with Gasteiger partial charge >= 0.3 is 6.01 Å². The molecule has 3 aromatic rings. The molecule has 0 amide bonds. The number of anilines is 1. The first kappa shape index (κ1) is 18.7. The zero-order valence-corrected chi connectivity index (χ0v) is 16.5. The van der Waals surface area contributed by atoms with Crippen molar-refractivity contribution in [2.24, 2.45) is 0 Å². The number of rotatable bonds is 8. The average Bonchev–Trinajstić information content (AvgIpc) is 3.33. The maximum absolute atomic E-state index is 6.06. The molecular formula is C21H28N6O. The number of unbranched alkanes of at least 4 members (excludes halogenated alkanes) is 1. The molecule has 28 heavy (non-hydrogen) atoms. The Bertz CT molecular complexity index is 932. The molecule has 7 heteroatoms. The van der Waals surface area contributed by atoms with Gasteiger partial charge in [0.15, 0.2) is 11.5 Å². The van der Waals surface area contributed by atoms with Crippen molar-refractivity contribution in [3.63, 3.8) is 0 Å². The maximum atomic E-state index is 6.06. The third-order valence-electron chi connectivity index (χ3n) is 5.15. The number of nitrogens with zero attached hydrogens (tertiary/aromatic N) is 5. The molecule has 1 aliphatic rings. The lowest BCUT2D eigenvalue weighted by Crippen LogP contribution is -2.18. The molecule has 0 aliphatic carbocycles. The van der Waals surface area contributed by atoms with E-state index in [2.05, 4.69) is 51.2 Å².